The van der Waals surface area contributed by atoms with Crippen LogP contribution in [0.2, 0.25) is 0 Å². The fourth-order valence-corrected chi connectivity index (χ4v) is 6.18. The Labute approximate surface area is 291 Å². The van der Waals surface area contributed by atoms with E-state index in [-0.39, 0.29) is 0 Å². The molecule has 6 nitrogen and oxygen atoms in total. The van der Waals surface area contributed by atoms with Crippen LogP contribution in [-0.4, -0.2) is 29.9 Å². The molecule has 0 aliphatic heterocycles. The molecule has 5 aromatic carbocycles. The van der Waals surface area contributed by atoms with Gasteiger partial charge in [0, 0.05) is 39.8 Å². The van der Waals surface area contributed by atoms with Gasteiger partial charge in [-0.05, 0) is 83.6 Å². The summed E-state index contributed by atoms with van der Waals surface area (Å²) in [4.78, 5) is 28.1. The van der Waals surface area contributed by atoms with Crippen molar-refractivity contribution in [3.63, 3.8) is 0 Å². The quantitative estimate of drug-likeness (QED) is 0.172. The lowest BCUT2D eigenvalue weighted by atomic mass is 9.94. The molecule has 0 aliphatic rings. The lowest BCUT2D eigenvalue weighted by molar-refractivity contribution is 1.07. The van der Waals surface area contributed by atoms with Gasteiger partial charge in [0.05, 0.1) is 5.69 Å². The van der Waals surface area contributed by atoms with Crippen LogP contribution in [0.25, 0.3) is 78.8 Å². The van der Waals surface area contributed by atoms with Crippen molar-refractivity contribution in [1.82, 2.24) is 29.9 Å². The number of aromatic nitrogens is 6. The molecular weight excluding hydrogens is 613 g/mol. The van der Waals surface area contributed by atoms with Gasteiger partial charge >= 0.3 is 0 Å². The summed E-state index contributed by atoms with van der Waals surface area (Å²) in [5, 5.41) is 0. The maximum atomic E-state index is 5.05. The van der Waals surface area contributed by atoms with Crippen LogP contribution in [0.1, 0.15) is 11.4 Å². The second-order valence-electron chi connectivity index (χ2n) is 12.2. The Balaban J connectivity index is 1.27. The SMILES string of the molecule is Cc1cc(-c2ccc(-c3cc(-c4ccc(-c5ccncn5)cc4)cc(-c4nc(-c5ccccc5)nc(-c5ccccc5)n4)c3)cc2)cc(C)n1. The molecule has 0 bridgehead atoms. The molecule has 238 valence electrons. The minimum atomic E-state index is 0.609. The molecule has 0 saturated carbocycles. The fraction of sp³-hybridized carbons (Fsp3) is 0.0455. The van der Waals surface area contributed by atoms with E-state index in [9.17, 15) is 0 Å². The van der Waals surface area contributed by atoms with Crippen LogP contribution >= 0.6 is 0 Å². The van der Waals surface area contributed by atoms with E-state index in [4.69, 9.17) is 15.0 Å². The predicted octanol–water partition coefficient (Wildman–Crippen LogP) is 10.3. The molecule has 0 saturated heterocycles. The highest BCUT2D eigenvalue weighted by atomic mass is 15.0. The van der Waals surface area contributed by atoms with Crippen molar-refractivity contribution in [2.45, 2.75) is 13.8 Å². The van der Waals surface area contributed by atoms with Crippen LogP contribution in [0.4, 0.5) is 0 Å². The average Bonchev–Trinajstić information content (AvgIpc) is 3.18. The standard InChI is InChI=1S/C44H32N6/c1-29-23-37(24-30(2)47-29)31-13-15-32(16-14-31)38-25-39(33-17-19-34(20-18-33)41-21-22-45-28-46-41)27-40(26-38)44-49-42(35-9-5-3-6-10-35)48-43(50-44)36-11-7-4-8-12-36/h3-28H,1-2H3. The molecule has 3 aromatic heterocycles. The Morgan fingerprint density at radius 2 is 0.760 bits per heavy atom. The van der Waals surface area contributed by atoms with Crippen LogP contribution in [0.3, 0.4) is 0 Å². The van der Waals surface area contributed by atoms with Crippen molar-refractivity contribution in [3.8, 4) is 78.8 Å². The number of rotatable bonds is 7. The third-order valence-electron chi connectivity index (χ3n) is 8.62. The molecule has 50 heavy (non-hydrogen) atoms. The molecule has 0 radical (unpaired) electrons. The van der Waals surface area contributed by atoms with Crippen molar-refractivity contribution in [2.75, 3.05) is 0 Å². The molecule has 0 aliphatic carbocycles. The third kappa shape index (κ3) is 6.55. The van der Waals surface area contributed by atoms with Crippen LogP contribution in [0, 0.1) is 13.8 Å². The van der Waals surface area contributed by atoms with Gasteiger partial charge in [0.2, 0.25) is 0 Å². The molecular formula is C44H32N6. The number of benzene rings is 5. The Morgan fingerprint density at radius 1 is 0.340 bits per heavy atom. The van der Waals surface area contributed by atoms with Crippen LogP contribution in [-0.2, 0) is 0 Å². The van der Waals surface area contributed by atoms with E-state index >= 15 is 0 Å². The normalized spacial score (nSPS) is 11.0. The van der Waals surface area contributed by atoms with Crippen LogP contribution < -0.4 is 0 Å². The Bertz CT molecular complexity index is 2330. The number of aryl methyl sites for hydroxylation is 2. The molecule has 0 amide bonds. The molecule has 6 heteroatoms. The van der Waals surface area contributed by atoms with Gasteiger partial charge in [-0.2, -0.15) is 0 Å². The first-order chi connectivity index (χ1) is 24.6. The lowest BCUT2D eigenvalue weighted by Crippen LogP contribution is -2.00. The van der Waals surface area contributed by atoms with E-state index in [1.54, 1.807) is 12.5 Å². The van der Waals surface area contributed by atoms with Crippen molar-refractivity contribution >= 4 is 0 Å². The lowest BCUT2D eigenvalue weighted by Gasteiger charge is -2.13. The van der Waals surface area contributed by atoms with E-state index in [0.717, 1.165) is 72.7 Å². The van der Waals surface area contributed by atoms with Gasteiger partial charge in [-0.15, -0.1) is 0 Å². The minimum absolute atomic E-state index is 0.609. The predicted molar refractivity (Wildman–Crippen MR) is 201 cm³/mol. The second-order valence-corrected chi connectivity index (χ2v) is 12.2. The maximum absolute atomic E-state index is 5.05. The van der Waals surface area contributed by atoms with Gasteiger partial charge in [-0.25, -0.2) is 24.9 Å². The summed E-state index contributed by atoms with van der Waals surface area (Å²) in [7, 11) is 0. The van der Waals surface area contributed by atoms with E-state index in [1.165, 1.54) is 0 Å². The number of nitrogens with zero attached hydrogens (tertiary/aromatic N) is 6. The highest BCUT2D eigenvalue weighted by Gasteiger charge is 2.15. The zero-order chi connectivity index (χ0) is 33.9. The Hall–Kier alpha value is -6.66. The van der Waals surface area contributed by atoms with Crippen molar-refractivity contribution in [2.24, 2.45) is 0 Å². The van der Waals surface area contributed by atoms with E-state index in [1.807, 2.05) is 80.6 Å². The summed E-state index contributed by atoms with van der Waals surface area (Å²) in [5.74, 6) is 1.86. The smallest absolute Gasteiger partial charge is 0.164 e. The van der Waals surface area contributed by atoms with Gasteiger partial charge in [0.15, 0.2) is 17.5 Å². The molecule has 3 heterocycles. The first-order valence-electron chi connectivity index (χ1n) is 16.5. The summed E-state index contributed by atoms with van der Waals surface area (Å²) in [6.45, 7) is 4.07. The number of hydrogen-bond acceptors (Lipinski definition) is 6. The zero-order valence-corrected chi connectivity index (χ0v) is 27.7. The summed E-state index contributed by atoms with van der Waals surface area (Å²) in [6, 6.07) is 50.1. The number of pyridine rings is 1. The first-order valence-corrected chi connectivity index (χ1v) is 16.5. The van der Waals surface area contributed by atoms with Gasteiger partial charge in [-0.3, -0.25) is 4.98 Å². The van der Waals surface area contributed by atoms with Crippen molar-refractivity contribution < 1.29 is 0 Å². The van der Waals surface area contributed by atoms with E-state index in [2.05, 4.69) is 93.8 Å². The molecule has 0 spiro atoms. The topological polar surface area (TPSA) is 77.3 Å². The molecule has 0 unspecified atom stereocenters. The number of hydrogen-bond donors (Lipinski definition) is 0. The second kappa shape index (κ2) is 13.5. The van der Waals surface area contributed by atoms with Gasteiger partial charge in [-0.1, -0.05) is 109 Å². The zero-order valence-electron chi connectivity index (χ0n) is 27.7. The van der Waals surface area contributed by atoms with Crippen molar-refractivity contribution in [1.29, 1.82) is 0 Å². The van der Waals surface area contributed by atoms with E-state index in [0.29, 0.717) is 17.5 Å². The van der Waals surface area contributed by atoms with Crippen LogP contribution in [0.5, 0.6) is 0 Å². The first kappa shape index (κ1) is 30.7. The highest BCUT2D eigenvalue weighted by molar-refractivity contribution is 5.82. The summed E-state index contributed by atoms with van der Waals surface area (Å²) in [5.41, 5.74) is 13.3. The molecule has 8 aromatic rings. The Morgan fingerprint density at radius 3 is 1.22 bits per heavy atom. The molecule has 0 fully saturated rings. The van der Waals surface area contributed by atoms with Gasteiger partial charge < -0.3 is 0 Å². The third-order valence-corrected chi connectivity index (χ3v) is 8.62. The summed E-state index contributed by atoms with van der Waals surface area (Å²) >= 11 is 0. The van der Waals surface area contributed by atoms with Gasteiger partial charge in [0.1, 0.15) is 6.33 Å². The largest absolute Gasteiger partial charge is 0.258 e. The maximum Gasteiger partial charge on any atom is 0.164 e. The fourth-order valence-electron chi connectivity index (χ4n) is 6.18. The molecule has 0 N–H and O–H groups in total. The van der Waals surface area contributed by atoms with Gasteiger partial charge in [0.25, 0.3) is 0 Å². The van der Waals surface area contributed by atoms with Crippen LogP contribution in [0.15, 0.2) is 158 Å². The monoisotopic (exact) mass is 644 g/mol. The average molecular weight is 645 g/mol. The van der Waals surface area contributed by atoms with E-state index < -0.39 is 0 Å². The Kier molecular flexibility index (Phi) is 8.25. The summed E-state index contributed by atoms with van der Waals surface area (Å²) < 4.78 is 0. The molecule has 0 atom stereocenters. The summed E-state index contributed by atoms with van der Waals surface area (Å²) in [6.07, 6.45) is 3.33. The minimum Gasteiger partial charge on any atom is -0.258 e. The molecule has 8 rings (SSSR count). The highest BCUT2D eigenvalue weighted by Crippen LogP contribution is 2.35. The van der Waals surface area contributed by atoms with Crippen molar-refractivity contribution in [3.05, 3.63) is 170 Å².